The van der Waals surface area contributed by atoms with Crippen LogP contribution in [0.2, 0.25) is 0 Å². The van der Waals surface area contributed by atoms with E-state index in [0.717, 1.165) is 10.7 Å². The minimum Gasteiger partial charge on any atom is -0.292 e. The number of amides is 2. The Morgan fingerprint density at radius 1 is 0.780 bits per heavy atom. The molecule has 7 rings (SSSR count). The van der Waals surface area contributed by atoms with E-state index in [1.54, 1.807) is 21.1 Å². The van der Waals surface area contributed by atoms with Gasteiger partial charge in [-0.05, 0) is 66.2 Å². The monoisotopic (exact) mass is 672 g/mol. The van der Waals surface area contributed by atoms with Crippen LogP contribution in [0, 0.1) is 0 Å². The van der Waals surface area contributed by atoms with E-state index in [2.05, 4.69) is 39.8 Å². The lowest BCUT2D eigenvalue weighted by Gasteiger charge is -2.28. The van der Waals surface area contributed by atoms with Crippen LogP contribution in [-0.4, -0.2) is 53.4 Å². The van der Waals surface area contributed by atoms with Crippen molar-refractivity contribution < 1.29 is 9.59 Å². The highest BCUT2D eigenvalue weighted by atomic mass is 32.2. The van der Waals surface area contributed by atoms with E-state index in [1.165, 1.54) is 64.2 Å². The highest BCUT2D eigenvalue weighted by Crippen LogP contribution is 2.64. The van der Waals surface area contributed by atoms with Crippen molar-refractivity contribution in [3.63, 3.8) is 0 Å². The molecule has 0 bridgehead atoms. The average molecular weight is 673 g/mol. The topological polar surface area (TPSA) is 65.3 Å². The molecule has 0 saturated carbocycles. The van der Waals surface area contributed by atoms with Gasteiger partial charge in [0.25, 0.3) is 11.8 Å². The molecule has 4 aliphatic rings. The van der Waals surface area contributed by atoms with Gasteiger partial charge >= 0.3 is 0 Å². The van der Waals surface area contributed by atoms with Crippen molar-refractivity contribution in [2.24, 2.45) is 9.98 Å². The number of thiocarbonyl (C=S) groups is 2. The summed E-state index contributed by atoms with van der Waals surface area (Å²) in [5.74, 6) is -0.220. The predicted octanol–water partition coefficient (Wildman–Crippen LogP) is 8.15. The molecule has 0 radical (unpaired) electrons. The molecule has 0 spiro atoms. The summed E-state index contributed by atoms with van der Waals surface area (Å²) < 4.78 is 3.57. The number of fused-ring (bicyclic) bond motifs is 7. The zero-order valence-electron chi connectivity index (χ0n) is 23.0. The summed E-state index contributed by atoms with van der Waals surface area (Å²) in [5.41, 5.74) is 4.35. The Hall–Kier alpha value is -1.74. The molecule has 2 aliphatic carbocycles. The van der Waals surface area contributed by atoms with Crippen molar-refractivity contribution >= 4 is 133 Å². The van der Waals surface area contributed by atoms with Gasteiger partial charge in [-0.2, -0.15) is 0 Å². The lowest BCUT2D eigenvalue weighted by Crippen LogP contribution is -2.30. The lowest BCUT2D eigenvalue weighted by molar-refractivity contribution is -0.120. The Labute approximate surface area is 269 Å². The maximum Gasteiger partial charge on any atom is 0.285 e. The average Bonchev–Trinajstić information content (AvgIpc) is 3.71. The smallest absolute Gasteiger partial charge is 0.285 e. The summed E-state index contributed by atoms with van der Waals surface area (Å²) in [5, 5.41) is 1.74. The van der Waals surface area contributed by atoms with Gasteiger partial charge in [-0.15, -0.1) is 34.0 Å². The Morgan fingerprint density at radius 3 is 1.95 bits per heavy atom. The van der Waals surface area contributed by atoms with E-state index >= 15 is 0 Å². The van der Waals surface area contributed by atoms with Crippen LogP contribution in [0.25, 0.3) is 25.2 Å². The number of allylic oxidation sites excluding steroid dienone is 1. The number of nitrogens with zero attached hydrogens (tertiary/aromatic N) is 4. The Kier molecular flexibility index (Phi) is 6.42. The fourth-order valence-electron chi connectivity index (χ4n) is 5.97. The second-order valence-corrected chi connectivity index (χ2v) is 17.5. The van der Waals surface area contributed by atoms with Gasteiger partial charge in [0.2, 0.25) is 0 Å². The fraction of sp³-hybridized carbons (Fsp3) is 0.357. The third-order valence-electron chi connectivity index (χ3n) is 8.01. The summed E-state index contributed by atoms with van der Waals surface area (Å²) in [4.78, 5) is 42.3. The first kappa shape index (κ1) is 28.1. The molecule has 0 atom stereocenters. The van der Waals surface area contributed by atoms with E-state index in [-0.39, 0.29) is 22.6 Å². The molecule has 0 aromatic carbocycles. The van der Waals surface area contributed by atoms with E-state index in [4.69, 9.17) is 34.4 Å². The molecule has 6 nitrogen and oxygen atoms in total. The normalized spacial score (nSPS) is 22.6. The molecule has 2 fully saturated rings. The molecule has 2 aliphatic heterocycles. The highest BCUT2D eigenvalue weighted by molar-refractivity contribution is 8.35. The number of thiophene rings is 3. The van der Waals surface area contributed by atoms with Gasteiger partial charge in [0.05, 0.1) is 15.3 Å². The molecule has 0 unspecified atom stereocenters. The molecule has 3 aromatic heterocycles. The number of carbonyl (C=O) groups excluding carboxylic acids is 2. The largest absolute Gasteiger partial charge is 0.292 e. The number of hydrogen-bond acceptors (Lipinski definition) is 11. The number of hydrogen-bond donors (Lipinski definition) is 0. The number of thioether (sulfide) groups is 2. The maximum absolute atomic E-state index is 12.9. The zero-order valence-corrected chi connectivity index (χ0v) is 28.7. The molecule has 2 amide bonds. The molecule has 5 heterocycles. The van der Waals surface area contributed by atoms with Gasteiger partial charge in [-0.3, -0.25) is 19.4 Å². The van der Waals surface area contributed by atoms with E-state index in [9.17, 15) is 9.59 Å². The molecule has 2 saturated heterocycles. The van der Waals surface area contributed by atoms with Crippen molar-refractivity contribution in [1.82, 2.24) is 9.80 Å². The van der Waals surface area contributed by atoms with Crippen LogP contribution in [0.5, 0.6) is 0 Å². The van der Waals surface area contributed by atoms with E-state index < -0.39 is 0 Å². The van der Waals surface area contributed by atoms with Crippen LogP contribution in [0.1, 0.15) is 63.1 Å². The molecule has 0 N–H and O–H groups in total. The van der Waals surface area contributed by atoms with Gasteiger partial charge in [-0.1, -0.05) is 52.1 Å². The second-order valence-electron chi connectivity index (χ2n) is 11.1. The fourth-order valence-corrected chi connectivity index (χ4v) is 13.1. The van der Waals surface area contributed by atoms with Crippen LogP contribution in [0.15, 0.2) is 21.7 Å². The first-order valence-corrected chi connectivity index (χ1v) is 18.0. The molecule has 3 aromatic rings. The molecule has 13 heteroatoms. The first-order chi connectivity index (χ1) is 19.4. The summed E-state index contributed by atoms with van der Waals surface area (Å²) >= 11 is 18.6. The Morgan fingerprint density at radius 2 is 1.37 bits per heavy atom. The lowest BCUT2D eigenvalue weighted by atomic mass is 9.75. The van der Waals surface area contributed by atoms with Crippen LogP contribution in [-0.2, 0) is 20.4 Å². The van der Waals surface area contributed by atoms with Crippen molar-refractivity contribution in [1.29, 1.82) is 0 Å². The zero-order chi connectivity index (χ0) is 29.2. The Bertz CT molecular complexity index is 1870. The summed E-state index contributed by atoms with van der Waals surface area (Å²) in [6.45, 7) is 14.0. The van der Waals surface area contributed by atoms with Gasteiger partial charge in [0.1, 0.15) is 13.6 Å². The van der Waals surface area contributed by atoms with E-state index in [1.807, 2.05) is 36.5 Å². The molecule has 41 heavy (non-hydrogen) atoms. The SMILES string of the molecule is CCN1C(=O)C(=NC2=Cc3sc4c(c3C2(C)C)C(C)(C)c2c-4sc3cc(N=C4SC(=S)N(CC)C4=O)sc23)SC1=S. The van der Waals surface area contributed by atoms with Crippen LogP contribution < -0.4 is 0 Å². The van der Waals surface area contributed by atoms with Crippen LogP contribution in [0.4, 0.5) is 5.00 Å². The summed E-state index contributed by atoms with van der Waals surface area (Å²) in [6.07, 6.45) is 2.16. The maximum atomic E-state index is 12.9. The van der Waals surface area contributed by atoms with Gasteiger partial charge in [-0.25, -0.2) is 9.98 Å². The Balaban J connectivity index is 1.27. The minimum atomic E-state index is -0.352. The third-order valence-corrected chi connectivity index (χ3v) is 14.3. The third kappa shape index (κ3) is 3.85. The molecule has 210 valence electrons. The number of aliphatic imine (C=N–C) groups is 2. The van der Waals surface area contributed by atoms with Crippen molar-refractivity contribution in [2.75, 3.05) is 13.1 Å². The highest BCUT2D eigenvalue weighted by Gasteiger charge is 2.49. The molecular weight excluding hydrogens is 649 g/mol. The summed E-state index contributed by atoms with van der Waals surface area (Å²) in [6, 6.07) is 2.11. The van der Waals surface area contributed by atoms with Crippen molar-refractivity contribution in [3.8, 4) is 9.75 Å². The summed E-state index contributed by atoms with van der Waals surface area (Å²) in [7, 11) is 0. The van der Waals surface area contributed by atoms with Gasteiger partial charge < -0.3 is 0 Å². The van der Waals surface area contributed by atoms with Crippen LogP contribution >= 0.6 is 82.0 Å². The number of carbonyl (C=O) groups is 2. The van der Waals surface area contributed by atoms with E-state index in [0.29, 0.717) is 31.8 Å². The quantitative estimate of drug-likeness (QED) is 0.261. The number of rotatable bonds is 4. The predicted molar refractivity (Wildman–Crippen MR) is 186 cm³/mol. The van der Waals surface area contributed by atoms with Gasteiger partial charge in [0, 0.05) is 38.4 Å². The van der Waals surface area contributed by atoms with Gasteiger partial charge in [0.15, 0.2) is 10.1 Å². The first-order valence-electron chi connectivity index (χ1n) is 13.1. The van der Waals surface area contributed by atoms with Crippen molar-refractivity contribution in [3.05, 3.63) is 33.3 Å². The van der Waals surface area contributed by atoms with Crippen LogP contribution in [0.3, 0.4) is 0 Å². The minimum absolute atomic E-state index is 0.108. The van der Waals surface area contributed by atoms with Crippen molar-refractivity contribution in [2.45, 2.75) is 52.4 Å². The second kappa shape index (κ2) is 9.38. The molecular formula is C28H24N4O2S7. The standard InChI is InChI=1S/C28H24N4O2S7/c1-7-31-23(33)21(40-25(31)35)29-13-9-11-15(27(13,3)4)16-19(37-11)20-17(28(16,5)6)18-12(38-20)10-14(39-18)30-22-24(34)32(8-2)26(36)41-22/h9-10H,7-8H2,1-6H3.